The topological polar surface area (TPSA) is 66.5 Å². The van der Waals surface area contributed by atoms with Crippen LogP contribution in [-0.2, 0) is 10.0 Å². The molecule has 0 aliphatic carbocycles. The molecule has 1 rings (SSSR count). The lowest BCUT2D eigenvalue weighted by Gasteiger charge is -2.21. The van der Waals surface area contributed by atoms with Crippen molar-refractivity contribution >= 4 is 15.9 Å². The molecule has 1 aromatic carbocycles. The van der Waals surface area contributed by atoms with Crippen molar-refractivity contribution in [3.05, 3.63) is 29.8 Å². The molecular formula is C16H26N2O3S. The molecule has 0 fully saturated rings. The van der Waals surface area contributed by atoms with E-state index in [9.17, 15) is 13.2 Å². The van der Waals surface area contributed by atoms with Crippen LogP contribution in [0.15, 0.2) is 29.2 Å². The zero-order chi connectivity index (χ0) is 17.1. The van der Waals surface area contributed by atoms with Crippen LogP contribution < -0.4 is 5.32 Å². The van der Waals surface area contributed by atoms with Crippen LogP contribution in [0.4, 0.5) is 0 Å². The maximum Gasteiger partial charge on any atom is 0.251 e. The average Bonchev–Trinajstić information content (AvgIpc) is 2.46. The molecule has 0 aliphatic rings. The van der Waals surface area contributed by atoms with E-state index in [4.69, 9.17) is 0 Å². The molecule has 0 saturated carbocycles. The lowest BCUT2D eigenvalue weighted by molar-refractivity contribution is 0.0930. The fourth-order valence-corrected chi connectivity index (χ4v) is 3.05. The van der Waals surface area contributed by atoms with Gasteiger partial charge in [0.2, 0.25) is 10.0 Å². The van der Waals surface area contributed by atoms with Crippen molar-refractivity contribution < 1.29 is 13.2 Å². The van der Waals surface area contributed by atoms with Crippen molar-refractivity contribution in [1.29, 1.82) is 0 Å². The van der Waals surface area contributed by atoms with E-state index in [0.29, 0.717) is 11.5 Å². The maximum atomic E-state index is 12.3. The molecule has 5 nitrogen and oxygen atoms in total. The van der Waals surface area contributed by atoms with Crippen LogP contribution in [0.3, 0.4) is 0 Å². The number of benzene rings is 1. The van der Waals surface area contributed by atoms with E-state index in [1.807, 2.05) is 34.6 Å². The summed E-state index contributed by atoms with van der Waals surface area (Å²) in [5, 5.41) is 2.90. The molecule has 6 heteroatoms. The van der Waals surface area contributed by atoms with Gasteiger partial charge in [-0.2, -0.15) is 4.31 Å². The molecule has 0 heterocycles. The first-order valence-electron chi connectivity index (χ1n) is 7.46. The minimum absolute atomic E-state index is 0.0583. The first-order chi connectivity index (χ1) is 10.1. The lowest BCUT2D eigenvalue weighted by Crippen LogP contribution is -2.36. The number of amides is 1. The molecule has 0 aromatic heterocycles. The third kappa shape index (κ3) is 4.30. The Labute approximate surface area is 133 Å². The number of sulfonamides is 1. The first kappa shape index (κ1) is 18.6. The third-order valence-corrected chi connectivity index (χ3v) is 5.93. The fraction of sp³-hybridized carbons (Fsp3) is 0.562. The Morgan fingerprint density at radius 1 is 1.05 bits per heavy atom. The summed E-state index contributed by atoms with van der Waals surface area (Å²) in [6, 6.07) is 5.97. The van der Waals surface area contributed by atoms with E-state index in [-0.39, 0.29) is 22.9 Å². The zero-order valence-electron chi connectivity index (χ0n) is 14.1. The minimum atomic E-state index is -3.52. The Hall–Kier alpha value is -1.40. The van der Waals surface area contributed by atoms with Gasteiger partial charge in [0.05, 0.1) is 4.90 Å². The second-order valence-corrected chi connectivity index (χ2v) is 8.14. The Morgan fingerprint density at radius 3 is 1.95 bits per heavy atom. The third-order valence-electron chi connectivity index (χ3n) is 3.88. The normalized spacial score (nSPS) is 13.7. The Kier molecular flexibility index (Phi) is 6.14. The maximum absolute atomic E-state index is 12.3. The Balaban J connectivity index is 2.94. The van der Waals surface area contributed by atoms with E-state index < -0.39 is 10.0 Å². The molecule has 1 unspecified atom stereocenters. The molecule has 0 saturated heterocycles. The molecule has 1 amide bonds. The van der Waals surface area contributed by atoms with Gasteiger partial charge in [-0.05, 0) is 51.0 Å². The van der Waals surface area contributed by atoms with Crippen molar-refractivity contribution in [2.45, 2.75) is 51.6 Å². The van der Waals surface area contributed by atoms with Crippen LogP contribution in [0, 0.1) is 5.92 Å². The predicted octanol–water partition coefficient (Wildman–Crippen LogP) is 2.49. The highest BCUT2D eigenvalue weighted by Crippen LogP contribution is 2.17. The molecule has 1 aromatic rings. The van der Waals surface area contributed by atoms with Gasteiger partial charge in [-0.25, -0.2) is 8.42 Å². The molecule has 1 atom stereocenters. The van der Waals surface area contributed by atoms with Gasteiger partial charge >= 0.3 is 0 Å². The van der Waals surface area contributed by atoms with Crippen LogP contribution >= 0.6 is 0 Å². The van der Waals surface area contributed by atoms with Gasteiger partial charge in [0.25, 0.3) is 5.91 Å². The quantitative estimate of drug-likeness (QED) is 0.873. The minimum Gasteiger partial charge on any atom is -0.349 e. The van der Waals surface area contributed by atoms with Crippen molar-refractivity contribution in [1.82, 2.24) is 9.62 Å². The van der Waals surface area contributed by atoms with Gasteiger partial charge in [0, 0.05) is 24.7 Å². The number of carbonyl (C=O) groups is 1. The smallest absolute Gasteiger partial charge is 0.251 e. The summed E-state index contributed by atoms with van der Waals surface area (Å²) >= 11 is 0. The van der Waals surface area contributed by atoms with Crippen LogP contribution in [0.2, 0.25) is 0 Å². The zero-order valence-corrected chi connectivity index (χ0v) is 14.9. The number of nitrogens with zero attached hydrogens (tertiary/aromatic N) is 1. The van der Waals surface area contributed by atoms with Gasteiger partial charge < -0.3 is 5.32 Å². The summed E-state index contributed by atoms with van der Waals surface area (Å²) < 4.78 is 26.0. The predicted molar refractivity (Wildman–Crippen MR) is 88.3 cm³/mol. The van der Waals surface area contributed by atoms with Gasteiger partial charge in [-0.3, -0.25) is 4.79 Å². The van der Waals surface area contributed by atoms with E-state index in [0.717, 1.165) is 0 Å². The number of hydrogen-bond donors (Lipinski definition) is 1. The van der Waals surface area contributed by atoms with E-state index in [2.05, 4.69) is 5.32 Å². The van der Waals surface area contributed by atoms with Crippen molar-refractivity contribution in [3.8, 4) is 0 Å². The van der Waals surface area contributed by atoms with Crippen molar-refractivity contribution in [2.24, 2.45) is 5.92 Å². The van der Waals surface area contributed by atoms with Crippen LogP contribution in [0.5, 0.6) is 0 Å². The van der Waals surface area contributed by atoms with Gasteiger partial charge in [-0.1, -0.05) is 13.8 Å². The number of rotatable bonds is 6. The Bertz CT molecular complexity index is 607. The van der Waals surface area contributed by atoms with Gasteiger partial charge in [0.1, 0.15) is 0 Å². The van der Waals surface area contributed by atoms with Crippen LogP contribution in [0.25, 0.3) is 0 Å². The summed E-state index contributed by atoms with van der Waals surface area (Å²) in [6.07, 6.45) is 0. The highest BCUT2D eigenvalue weighted by molar-refractivity contribution is 7.89. The molecule has 124 valence electrons. The summed E-state index contributed by atoms with van der Waals surface area (Å²) in [4.78, 5) is 12.3. The van der Waals surface area contributed by atoms with Crippen LogP contribution in [-0.4, -0.2) is 37.8 Å². The van der Waals surface area contributed by atoms with Gasteiger partial charge in [-0.15, -0.1) is 0 Å². The molecule has 0 radical (unpaired) electrons. The molecule has 0 bridgehead atoms. The van der Waals surface area contributed by atoms with E-state index >= 15 is 0 Å². The first-order valence-corrected chi connectivity index (χ1v) is 8.90. The van der Waals surface area contributed by atoms with Crippen molar-refractivity contribution in [2.75, 3.05) is 7.05 Å². The van der Waals surface area contributed by atoms with E-state index in [1.54, 1.807) is 19.2 Å². The summed E-state index contributed by atoms with van der Waals surface area (Å²) in [7, 11) is -1.97. The SMILES string of the molecule is CC(C)C(C)NC(=O)c1ccc(S(=O)(=O)N(C)C(C)C)cc1. The summed E-state index contributed by atoms with van der Waals surface area (Å²) in [5.74, 6) is 0.144. The lowest BCUT2D eigenvalue weighted by atomic mass is 10.1. The van der Waals surface area contributed by atoms with E-state index in [1.165, 1.54) is 16.4 Å². The number of hydrogen-bond acceptors (Lipinski definition) is 3. The highest BCUT2D eigenvalue weighted by Gasteiger charge is 2.23. The standard InChI is InChI=1S/C16H26N2O3S/c1-11(2)13(5)17-16(19)14-7-9-15(10-8-14)22(20,21)18(6)12(3)4/h7-13H,1-6H3,(H,17,19). The fourth-order valence-electron chi connectivity index (χ4n) is 1.68. The second kappa shape index (κ2) is 7.24. The van der Waals surface area contributed by atoms with Crippen molar-refractivity contribution in [3.63, 3.8) is 0 Å². The van der Waals surface area contributed by atoms with Gasteiger partial charge in [0.15, 0.2) is 0 Å². The second-order valence-electron chi connectivity index (χ2n) is 6.15. The molecule has 22 heavy (non-hydrogen) atoms. The monoisotopic (exact) mass is 326 g/mol. The van der Waals surface area contributed by atoms with Crippen LogP contribution in [0.1, 0.15) is 45.0 Å². The molecule has 0 spiro atoms. The largest absolute Gasteiger partial charge is 0.349 e. The molecular weight excluding hydrogens is 300 g/mol. The summed E-state index contributed by atoms with van der Waals surface area (Å²) in [6.45, 7) is 9.63. The summed E-state index contributed by atoms with van der Waals surface area (Å²) in [5.41, 5.74) is 0.457. The number of nitrogens with one attached hydrogen (secondary N) is 1. The average molecular weight is 326 g/mol. The number of carbonyl (C=O) groups excluding carboxylic acids is 1. The molecule has 0 aliphatic heterocycles. The highest BCUT2D eigenvalue weighted by atomic mass is 32.2. The Morgan fingerprint density at radius 2 is 1.55 bits per heavy atom. The molecule has 1 N–H and O–H groups in total.